The Morgan fingerprint density at radius 2 is 1.90 bits per heavy atom. The molecule has 1 heterocycles. The first-order chi connectivity index (χ1) is 10.3. The molecular weight excluding hydrogens is 260 g/mol. The van der Waals surface area contributed by atoms with Crippen molar-refractivity contribution >= 4 is 0 Å². The quantitative estimate of drug-likeness (QED) is 0.728. The summed E-state index contributed by atoms with van der Waals surface area (Å²) in [7, 11) is 0. The number of likely N-dealkylation sites (tertiary alicyclic amines) is 1. The number of rotatable bonds is 7. The Bertz CT molecular complexity index is 272. The minimum Gasteiger partial charge on any atom is -0.377 e. The highest BCUT2D eigenvalue weighted by molar-refractivity contribution is 4.84. The molecule has 0 amide bonds. The van der Waals surface area contributed by atoms with Crippen molar-refractivity contribution in [3.8, 4) is 0 Å². The van der Waals surface area contributed by atoms with E-state index >= 15 is 0 Å². The van der Waals surface area contributed by atoms with E-state index in [1.165, 1.54) is 58.0 Å². The number of nitrogens with one attached hydrogen (secondary N) is 1. The zero-order chi connectivity index (χ0) is 14.9. The summed E-state index contributed by atoms with van der Waals surface area (Å²) in [4.78, 5) is 2.68. The van der Waals surface area contributed by atoms with E-state index in [-0.39, 0.29) is 0 Å². The SMILES string of the molecule is CCCOC1CCCN(CC2CCCCCC2NCC)C1. The summed E-state index contributed by atoms with van der Waals surface area (Å²) in [5.74, 6) is 0.845. The Morgan fingerprint density at radius 1 is 1.05 bits per heavy atom. The molecule has 1 saturated carbocycles. The second-order valence-corrected chi connectivity index (χ2v) is 6.96. The van der Waals surface area contributed by atoms with Gasteiger partial charge in [0.2, 0.25) is 0 Å². The average Bonchev–Trinajstić information content (AvgIpc) is 2.72. The van der Waals surface area contributed by atoms with Gasteiger partial charge in [0.05, 0.1) is 6.10 Å². The molecule has 3 heteroatoms. The van der Waals surface area contributed by atoms with E-state index in [1.54, 1.807) is 0 Å². The van der Waals surface area contributed by atoms with Crippen LogP contribution in [0.2, 0.25) is 0 Å². The van der Waals surface area contributed by atoms with E-state index in [0.717, 1.165) is 38.1 Å². The first-order valence-corrected chi connectivity index (χ1v) is 9.40. The van der Waals surface area contributed by atoms with Crippen molar-refractivity contribution in [1.82, 2.24) is 10.2 Å². The molecule has 0 aromatic rings. The van der Waals surface area contributed by atoms with Gasteiger partial charge in [-0.2, -0.15) is 0 Å². The highest BCUT2D eigenvalue weighted by Crippen LogP contribution is 2.26. The van der Waals surface area contributed by atoms with E-state index in [4.69, 9.17) is 4.74 Å². The summed E-state index contributed by atoms with van der Waals surface area (Å²) in [6, 6.07) is 0.745. The predicted molar refractivity (Wildman–Crippen MR) is 89.7 cm³/mol. The second-order valence-electron chi connectivity index (χ2n) is 6.96. The van der Waals surface area contributed by atoms with Crippen LogP contribution < -0.4 is 5.32 Å². The van der Waals surface area contributed by atoms with Crippen molar-refractivity contribution in [2.45, 2.75) is 77.4 Å². The molecule has 21 heavy (non-hydrogen) atoms. The number of hydrogen-bond acceptors (Lipinski definition) is 3. The molecule has 1 aliphatic heterocycles. The molecular formula is C18H36N2O. The predicted octanol–water partition coefficient (Wildman–Crippen LogP) is 3.44. The number of nitrogens with zero attached hydrogens (tertiary/aromatic N) is 1. The lowest BCUT2D eigenvalue weighted by molar-refractivity contribution is -0.00563. The summed E-state index contributed by atoms with van der Waals surface area (Å²) in [6.07, 6.45) is 11.3. The number of ether oxygens (including phenoxy) is 1. The normalized spacial score (nSPS) is 32.0. The molecule has 0 radical (unpaired) electrons. The Kier molecular flexibility index (Phi) is 8.05. The second kappa shape index (κ2) is 9.81. The molecule has 1 saturated heterocycles. The van der Waals surface area contributed by atoms with Crippen molar-refractivity contribution in [3.63, 3.8) is 0 Å². The molecule has 0 aromatic carbocycles. The van der Waals surface area contributed by atoms with Crippen molar-refractivity contribution < 1.29 is 4.74 Å². The lowest BCUT2D eigenvalue weighted by Crippen LogP contribution is -2.46. The van der Waals surface area contributed by atoms with Crippen LogP contribution in [0.1, 0.15) is 65.2 Å². The van der Waals surface area contributed by atoms with Gasteiger partial charge in [0, 0.05) is 25.7 Å². The molecule has 1 aliphatic carbocycles. The third kappa shape index (κ3) is 5.88. The van der Waals surface area contributed by atoms with Gasteiger partial charge in [-0.3, -0.25) is 0 Å². The van der Waals surface area contributed by atoms with Crippen LogP contribution in [-0.4, -0.2) is 49.8 Å². The van der Waals surface area contributed by atoms with Crippen LogP contribution in [0.15, 0.2) is 0 Å². The van der Waals surface area contributed by atoms with E-state index < -0.39 is 0 Å². The van der Waals surface area contributed by atoms with Gasteiger partial charge in [-0.1, -0.05) is 33.1 Å². The molecule has 3 unspecified atom stereocenters. The van der Waals surface area contributed by atoms with Gasteiger partial charge in [0.1, 0.15) is 0 Å². The molecule has 1 N–H and O–H groups in total. The minimum atomic E-state index is 0.488. The summed E-state index contributed by atoms with van der Waals surface area (Å²) in [5, 5.41) is 3.75. The van der Waals surface area contributed by atoms with Crippen molar-refractivity contribution in [1.29, 1.82) is 0 Å². The van der Waals surface area contributed by atoms with Crippen LogP contribution in [0.25, 0.3) is 0 Å². The molecule has 124 valence electrons. The highest BCUT2D eigenvalue weighted by atomic mass is 16.5. The Labute approximate surface area is 131 Å². The molecule has 0 aromatic heterocycles. The summed E-state index contributed by atoms with van der Waals surface area (Å²) in [5.41, 5.74) is 0. The lowest BCUT2D eigenvalue weighted by atomic mass is 9.93. The smallest absolute Gasteiger partial charge is 0.0702 e. The zero-order valence-corrected chi connectivity index (χ0v) is 14.3. The van der Waals surface area contributed by atoms with Crippen molar-refractivity contribution in [2.75, 3.05) is 32.8 Å². The van der Waals surface area contributed by atoms with Crippen LogP contribution in [0.5, 0.6) is 0 Å². The van der Waals surface area contributed by atoms with Gasteiger partial charge in [0.15, 0.2) is 0 Å². The fourth-order valence-electron chi connectivity index (χ4n) is 4.07. The molecule has 0 bridgehead atoms. The van der Waals surface area contributed by atoms with Crippen molar-refractivity contribution in [3.05, 3.63) is 0 Å². The van der Waals surface area contributed by atoms with Crippen LogP contribution in [0.4, 0.5) is 0 Å². The monoisotopic (exact) mass is 296 g/mol. The van der Waals surface area contributed by atoms with Crippen LogP contribution in [-0.2, 0) is 4.74 Å². The van der Waals surface area contributed by atoms with Gasteiger partial charge < -0.3 is 15.0 Å². The molecule has 0 spiro atoms. The van der Waals surface area contributed by atoms with Crippen LogP contribution >= 0.6 is 0 Å². The minimum absolute atomic E-state index is 0.488. The van der Waals surface area contributed by atoms with E-state index in [0.29, 0.717) is 6.10 Å². The van der Waals surface area contributed by atoms with Gasteiger partial charge in [-0.05, 0) is 51.1 Å². The topological polar surface area (TPSA) is 24.5 Å². The maximum Gasteiger partial charge on any atom is 0.0702 e. The zero-order valence-electron chi connectivity index (χ0n) is 14.3. The fraction of sp³-hybridized carbons (Fsp3) is 1.00. The van der Waals surface area contributed by atoms with Crippen LogP contribution in [0, 0.1) is 5.92 Å². The van der Waals surface area contributed by atoms with E-state index in [2.05, 4.69) is 24.1 Å². The van der Waals surface area contributed by atoms with Gasteiger partial charge in [-0.25, -0.2) is 0 Å². The summed E-state index contributed by atoms with van der Waals surface area (Å²) in [6.45, 7) is 10.2. The number of hydrogen-bond donors (Lipinski definition) is 1. The Morgan fingerprint density at radius 3 is 2.71 bits per heavy atom. The third-order valence-corrected chi connectivity index (χ3v) is 5.14. The van der Waals surface area contributed by atoms with Gasteiger partial charge in [0.25, 0.3) is 0 Å². The van der Waals surface area contributed by atoms with Gasteiger partial charge in [-0.15, -0.1) is 0 Å². The average molecular weight is 296 g/mol. The van der Waals surface area contributed by atoms with E-state index in [1.807, 2.05) is 0 Å². The molecule has 2 fully saturated rings. The summed E-state index contributed by atoms with van der Waals surface area (Å²) < 4.78 is 5.99. The molecule has 3 atom stereocenters. The molecule has 3 nitrogen and oxygen atoms in total. The van der Waals surface area contributed by atoms with Crippen molar-refractivity contribution in [2.24, 2.45) is 5.92 Å². The first kappa shape index (κ1) is 17.2. The highest BCUT2D eigenvalue weighted by Gasteiger charge is 2.27. The molecule has 2 aliphatic rings. The van der Waals surface area contributed by atoms with Crippen LogP contribution in [0.3, 0.4) is 0 Å². The van der Waals surface area contributed by atoms with E-state index in [9.17, 15) is 0 Å². The van der Waals surface area contributed by atoms with Gasteiger partial charge >= 0.3 is 0 Å². The fourth-order valence-corrected chi connectivity index (χ4v) is 4.07. The standard InChI is InChI=1S/C18H36N2O/c1-3-13-21-17-10-8-12-20(15-17)14-16-9-6-5-7-11-18(16)19-4-2/h16-19H,3-15H2,1-2H3. The first-order valence-electron chi connectivity index (χ1n) is 9.40. The Balaban J connectivity index is 1.82. The maximum atomic E-state index is 5.99. The summed E-state index contributed by atoms with van der Waals surface area (Å²) >= 11 is 0. The lowest BCUT2D eigenvalue weighted by Gasteiger charge is -2.37. The maximum absolute atomic E-state index is 5.99. The third-order valence-electron chi connectivity index (χ3n) is 5.14. The molecule has 2 rings (SSSR count). The largest absolute Gasteiger partial charge is 0.377 e. The Hall–Kier alpha value is -0.120. The number of piperidine rings is 1.